The van der Waals surface area contributed by atoms with Crippen LogP contribution >= 0.6 is 17.2 Å². The molecule has 4 N–H and O–H groups in total. The van der Waals surface area contributed by atoms with E-state index in [0.717, 1.165) is 14.2 Å². The zero-order valence-corrected chi connectivity index (χ0v) is 26.9. The van der Waals surface area contributed by atoms with E-state index in [1.807, 2.05) is 0 Å². The third-order valence-corrected chi connectivity index (χ3v) is 6.68. The number of H-pyrrole nitrogens is 2. The number of fused-ring (bicyclic) bond motifs is 3. The van der Waals surface area contributed by atoms with Crippen LogP contribution < -0.4 is 11.1 Å². The number of nitrogens with zero attached hydrogens (tertiary/aromatic N) is 2. The zero-order chi connectivity index (χ0) is 30.2. The maximum absolute atomic E-state index is 15.4. The normalized spacial score (nSPS) is 11.9. The van der Waals surface area contributed by atoms with Gasteiger partial charge in [0.15, 0.2) is 0 Å². The van der Waals surface area contributed by atoms with Crippen molar-refractivity contribution in [3.05, 3.63) is 71.4 Å². The molecule has 43 heavy (non-hydrogen) atoms. The van der Waals surface area contributed by atoms with Crippen molar-refractivity contribution in [3.63, 3.8) is 0 Å². The largest absolute Gasteiger partial charge is 2.00 e. The Labute approximate surface area is 271 Å². The number of amides is 2. The van der Waals surface area contributed by atoms with E-state index in [2.05, 4.69) is 29.4 Å². The molecule has 2 aromatic heterocycles. The van der Waals surface area contributed by atoms with Gasteiger partial charge < -0.3 is 40.5 Å². The van der Waals surface area contributed by atoms with E-state index < -0.39 is 18.1 Å². The van der Waals surface area contributed by atoms with E-state index in [9.17, 15) is 19.2 Å². The number of aromatic amines is 2. The van der Waals surface area contributed by atoms with Gasteiger partial charge in [0, 0.05) is 22.3 Å². The number of benzene rings is 2. The maximum atomic E-state index is 15.4. The SMILES string of the molecule is COC([NH-])=O.COC([NH-])=O.O=[C-]Pc1ncc(-c2ccc3c(c2)C(F)(F)c2cc(-c4cnc(P[C-]=O)[nH]4)ccc2-3)[nH]1.[V+2].[V+2]. The Kier molecular flexibility index (Phi) is 14.9. The molecule has 2 atom stereocenters. The van der Waals surface area contributed by atoms with Gasteiger partial charge in [-0.25, -0.2) is 22.0 Å². The zero-order valence-electron chi connectivity index (χ0n) is 22.1. The van der Waals surface area contributed by atoms with Gasteiger partial charge in [-0.3, -0.25) is 9.59 Å². The summed E-state index contributed by atoms with van der Waals surface area (Å²) in [5.74, 6) is -3.18. The van der Waals surface area contributed by atoms with E-state index in [1.54, 1.807) is 36.3 Å². The summed E-state index contributed by atoms with van der Waals surface area (Å²) in [6, 6.07) is 13.3. The van der Waals surface area contributed by atoms with Crippen LogP contribution in [-0.2, 0) is 62.1 Å². The second kappa shape index (κ2) is 17.1. The molecule has 2 radical (unpaired) electrons. The number of hydrogen-bond acceptors (Lipinski definition) is 8. The molecule has 0 saturated carbocycles. The first-order chi connectivity index (χ1) is 19.5. The van der Waals surface area contributed by atoms with Crippen LogP contribution in [0.25, 0.3) is 45.1 Å². The van der Waals surface area contributed by atoms with Crippen molar-refractivity contribution in [2.24, 2.45) is 0 Å². The van der Waals surface area contributed by atoms with Gasteiger partial charge in [0.2, 0.25) is 12.2 Å². The van der Waals surface area contributed by atoms with Crippen molar-refractivity contribution in [1.29, 1.82) is 0 Å². The van der Waals surface area contributed by atoms with Crippen LogP contribution in [0.2, 0.25) is 0 Å². The Morgan fingerprint density at radius 3 is 1.44 bits per heavy atom. The number of nitrogens with one attached hydrogen (secondary N) is 4. The number of methoxy groups -OCH3 is 2. The fraction of sp³-hybridized carbons (Fsp3) is 0.120. The number of imidazole rings is 2. The molecule has 0 saturated heterocycles. The minimum absolute atomic E-state index is 0. The maximum Gasteiger partial charge on any atom is 2.00 e. The van der Waals surface area contributed by atoms with Crippen LogP contribution in [-0.4, -0.2) is 58.4 Å². The van der Waals surface area contributed by atoms with Gasteiger partial charge in [-0.15, -0.1) is 0 Å². The van der Waals surface area contributed by atoms with Crippen molar-refractivity contribution >= 4 is 52.5 Å². The summed E-state index contributed by atoms with van der Waals surface area (Å²) in [7, 11) is 1.84. The molecule has 220 valence electrons. The summed E-state index contributed by atoms with van der Waals surface area (Å²) in [6.45, 7) is 0. The van der Waals surface area contributed by atoms with Crippen LogP contribution in [0, 0.1) is 0 Å². The van der Waals surface area contributed by atoms with E-state index in [4.69, 9.17) is 11.5 Å². The topological polar surface area (TPSA) is 192 Å². The number of carbonyl (C=O) groups excluding carboxylic acids is 4. The summed E-state index contributed by atoms with van der Waals surface area (Å²) < 4.78 is 38.4. The quantitative estimate of drug-likeness (QED) is 0.209. The Bertz CT molecular complexity index is 1470. The third-order valence-electron chi connectivity index (χ3n) is 5.49. The number of carbonyl (C=O) groups is 2. The third kappa shape index (κ3) is 9.31. The van der Waals surface area contributed by atoms with Gasteiger partial charge in [-0.05, 0) is 23.3 Å². The Morgan fingerprint density at radius 1 is 0.791 bits per heavy atom. The first kappa shape index (κ1) is 37.7. The molecule has 0 spiro atoms. The number of ether oxygens (including phenoxy) is 2. The summed E-state index contributed by atoms with van der Waals surface area (Å²) in [4.78, 5) is 53.7. The summed E-state index contributed by atoms with van der Waals surface area (Å²) in [5.41, 5.74) is 15.9. The second-order valence-electron chi connectivity index (χ2n) is 7.82. The predicted octanol–water partition coefficient (Wildman–Crippen LogP) is 4.93. The molecule has 0 fully saturated rings. The number of rotatable bonds is 6. The summed E-state index contributed by atoms with van der Waals surface area (Å²) in [5, 5.41) is 0. The van der Waals surface area contributed by atoms with Gasteiger partial charge in [-0.2, -0.15) is 25.9 Å². The molecule has 1 aliphatic carbocycles. The van der Waals surface area contributed by atoms with Crippen molar-refractivity contribution in [2.75, 3.05) is 14.2 Å². The predicted molar refractivity (Wildman–Crippen MR) is 151 cm³/mol. The fourth-order valence-electron chi connectivity index (χ4n) is 3.72. The molecule has 12 nitrogen and oxygen atoms in total. The van der Waals surface area contributed by atoms with Crippen LogP contribution in [0.4, 0.5) is 18.4 Å². The molecule has 0 aliphatic heterocycles. The van der Waals surface area contributed by atoms with Crippen LogP contribution in [0.5, 0.6) is 0 Å². The summed E-state index contributed by atoms with van der Waals surface area (Å²) in [6.07, 6.45) is 1.05. The number of halogens is 2. The van der Waals surface area contributed by atoms with Gasteiger partial charge in [-0.1, -0.05) is 24.3 Å². The van der Waals surface area contributed by atoms with E-state index >= 15 is 8.78 Å². The molecule has 2 unspecified atom stereocenters. The van der Waals surface area contributed by atoms with E-state index in [0.29, 0.717) is 44.8 Å². The summed E-state index contributed by atoms with van der Waals surface area (Å²) >= 11 is 0. The molecule has 1 aliphatic rings. The molecule has 0 bridgehead atoms. The fourth-order valence-corrected chi connectivity index (χ4v) is 4.56. The molecule has 18 heteroatoms. The minimum Gasteiger partial charge on any atom is -0.632 e. The molecule has 2 amide bonds. The van der Waals surface area contributed by atoms with Crippen molar-refractivity contribution < 1.29 is 74.5 Å². The molecular weight excluding hydrogens is 682 g/mol. The standard InChI is InChI=1S/C21H12F2N4O2P2.2C2H5NO2.2V/c22-21(23)15-5-11(17-7-24-19(26-17)30-9-28)1-3-13(15)14-4-2-12(6-16(14)21)18-8-25-20(27-18)31-10-29;2*1-5-2(3)4;;/h1-8,30-31H,(H,24,26)(H,25,27);2*1H3,(H2,3,4);;/q-2;;;2*+2/p-2. The average Bonchev–Trinajstić information content (AvgIpc) is 3.68. The van der Waals surface area contributed by atoms with Gasteiger partial charge in [0.1, 0.15) is 0 Å². The number of aromatic nitrogens is 4. The van der Waals surface area contributed by atoms with Crippen LogP contribution in [0.1, 0.15) is 11.1 Å². The van der Waals surface area contributed by atoms with Gasteiger partial charge in [0.25, 0.3) is 5.92 Å². The Morgan fingerprint density at radius 2 is 1.14 bits per heavy atom. The molecule has 2 heterocycles. The minimum atomic E-state index is -3.18. The number of alkyl halides is 2. The molecule has 5 rings (SSSR count). The van der Waals surface area contributed by atoms with Crippen molar-refractivity contribution in [1.82, 2.24) is 19.9 Å². The Hall–Kier alpha value is -3.37. The van der Waals surface area contributed by atoms with Crippen molar-refractivity contribution in [3.8, 4) is 33.6 Å². The molecule has 4 aromatic rings. The van der Waals surface area contributed by atoms with Crippen LogP contribution in [0.15, 0.2) is 48.8 Å². The first-order valence-corrected chi connectivity index (χ1v) is 13.2. The smallest absolute Gasteiger partial charge is 0.632 e. The van der Waals surface area contributed by atoms with Crippen molar-refractivity contribution in [2.45, 2.75) is 5.92 Å². The van der Waals surface area contributed by atoms with E-state index in [-0.39, 0.29) is 65.4 Å². The Balaban J connectivity index is 0.000000672. The van der Waals surface area contributed by atoms with Gasteiger partial charge >= 0.3 is 37.1 Å². The second-order valence-corrected chi connectivity index (χ2v) is 9.68. The van der Waals surface area contributed by atoms with Crippen LogP contribution in [0.3, 0.4) is 0 Å². The first-order valence-electron chi connectivity index (χ1n) is 11.2. The van der Waals surface area contributed by atoms with E-state index in [1.165, 1.54) is 24.5 Å². The monoisotopic (exact) mass is 702 g/mol. The molecule has 2 aromatic carbocycles. The van der Waals surface area contributed by atoms with Gasteiger partial charge in [0.05, 0.1) is 49.1 Å². The average molecular weight is 702 g/mol. The number of hydrogen-bond donors (Lipinski definition) is 2. The molecular formula is C25H20F2N6O6P2V2.